The van der Waals surface area contributed by atoms with Crippen molar-refractivity contribution in [2.75, 3.05) is 37.3 Å². The lowest BCUT2D eigenvalue weighted by Gasteiger charge is -2.11. The van der Waals surface area contributed by atoms with Crippen LogP contribution in [0.3, 0.4) is 0 Å². The number of hydrazone groups is 2. The Balaban J connectivity index is 1.16. The van der Waals surface area contributed by atoms with Gasteiger partial charge in [-0.05, 0) is 48.5 Å². The zero-order chi connectivity index (χ0) is 25.4. The van der Waals surface area contributed by atoms with E-state index in [1.54, 1.807) is 12.4 Å². The third-order valence-corrected chi connectivity index (χ3v) is 5.15. The van der Waals surface area contributed by atoms with Crippen LogP contribution in [0.25, 0.3) is 0 Å². The molecular weight excluding hydrogens is 464 g/mol. The Kier molecular flexibility index (Phi) is 10.1. The molecule has 4 aromatic carbocycles. The topological polar surface area (TPSA) is 76.5 Å². The third kappa shape index (κ3) is 8.83. The number of hydrogen-bond donors (Lipinski definition) is 2. The number of benzene rings is 4. The third-order valence-electron chi connectivity index (χ3n) is 5.15. The average Bonchev–Trinajstić information content (AvgIpc) is 2.95. The lowest BCUT2D eigenvalue weighted by molar-refractivity contribution is 0.0764. The van der Waals surface area contributed by atoms with E-state index in [4.69, 9.17) is 14.2 Å². The smallest absolute Gasteiger partial charge is 0.128 e. The normalized spacial score (nSPS) is 11.0. The highest BCUT2D eigenvalue weighted by Crippen LogP contribution is 2.17. The maximum atomic E-state index is 5.90. The van der Waals surface area contributed by atoms with Crippen molar-refractivity contribution in [3.05, 3.63) is 120 Å². The Morgan fingerprint density at radius 3 is 1.35 bits per heavy atom. The second-order valence-electron chi connectivity index (χ2n) is 7.86. The largest absolute Gasteiger partial charge is 0.491 e. The number of ether oxygens (including phenoxy) is 3. The van der Waals surface area contributed by atoms with Crippen LogP contribution < -0.4 is 20.3 Å². The minimum atomic E-state index is 0.422. The van der Waals surface area contributed by atoms with Gasteiger partial charge in [-0.2, -0.15) is 10.2 Å². The highest BCUT2D eigenvalue weighted by atomic mass is 16.5. The van der Waals surface area contributed by atoms with Gasteiger partial charge in [0.25, 0.3) is 0 Å². The number of rotatable bonds is 14. The minimum Gasteiger partial charge on any atom is -0.491 e. The molecule has 7 heteroatoms. The molecule has 0 aliphatic heterocycles. The SMILES string of the molecule is C(=NNc1ccccc1)c1ccccc1OCCOCCOc1ccccc1C=NNc1ccccc1. The van der Waals surface area contributed by atoms with Crippen LogP contribution in [0.15, 0.2) is 119 Å². The Bertz CT molecular complexity index is 1170. The van der Waals surface area contributed by atoms with Crippen LogP contribution in [-0.2, 0) is 4.74 Å². The Hall–Kier alpha value is -4.62. The molecule has 4 aromatic rings. The Morgan fingerprint density at radius 2 is 0.892 bits per heavy atom. The second-order valence-corrected chi connectivity index (χ2v) is 7.86. The quantitative estimate of drug-likeness (QED) is 0.127. The van der Waals surface area contributed by atoms with Crippen molar-refractivity contribution in [3.8, 4) is 11.5 Å². The van der Waals surface area contributed by atoms with Gasteiger partial charge in [0, 0.05) is 11.1 Å². The molecule has 0 saturated carbocycles. The fraction of sp³-hybridized carbons (Fsp3) is 0.133. The highest BCUT2D eigenvalue weighted by Gasteiger charge is 2.02. The summed E-state index contributed by atoms with van der Waals surface area (Å²) >= 11 is 0. The van der Waals surface area contributed by atoms with E-state index in [2.05, 4.69) is 21.1 Å². The van der Waals surface area contributed by atoms with Gasteiger partial charge in [0.05, 0.1) is 37.0 Å². The molecule has 0 atom stereocenters. The molecule has 37 heavy (non-hydrogen) atoms. The van der Waals surface area contributed by atoms with Crippen LogP contribution >= 0.6 is 0 Å². The molecule has 7 nitrogen and oxygen atoms in total. The van der Waals surface area contributed by atoms with Crippen molar-refractivity contribution in [2.45, 2.75) is 0 Å². The molecule has 0 amide bonds. The molecule has 4 rings (SSSR count). The van der Waals surface area contributed by atoms with E-state index in [1.165, 1.54) is 0 Å². The molecule has 2 N–H and O–H groups in total. The summed E-state index contributed by atoms with van der Waals surface area (Å²) in [6, 6.07) is 35.1. The van der Waals surface area contributed by atoms with Gasteiger partial charge in [-0.3, -0.25) is 10.9 Å². The van der Waals surface area contributed by atoms with Crippen molar-refractivity contribution in [2.24, 2.45) is 10.2 Å². The molecule has 188 valence electrons. The van der Waals surface area contributed by atoms with E-state index in [-0.39, 0.29) is 0 Å². The maximum absolute atomic E-state index is 5.90. The molecule has 0 bridgehead atoms. The molecular formula is C30H30N4O3. The maximum Gasteiger partial charge on any atom is 0.128 e. The van der Waals surface area contributed by atoms with Gasteiger partial charge in [-0.15, -0.1) is 0 Å². The van der Waals surface area contributed by atoms with E-state index in [9.17, 15) is 0 Å². The second kappa shape index (κ2) is 14.7. The molecule has 0 heterocycles. The van der Waals surface area contributed by atoms with Crippen LogP contribution in [0.4, 0.5) is 11.4 Å². The minimum absolute atomic E-state index is 0.422. The monoisotopic (exact) mass is 494 g/mol. The highest BCUT2D eigenvalue weighted by molar-refractivity contribution is 5.84. The van der Waals surface area contributed by atoms with Gasteiger partial charge in [0.1, 0.15) is 24.7 Å². The molecule has 0 aliphatic rings. The standard InChI is InChI=1S/C30H30N4O3/c1-3-13-27(14-4-1)33-31-23-25-11-7-9-17-29(25)36-21-19-35-20-22-37-30-18-10-8-12-26(30)24-32-34-28-15-5-2-6-16-28/h1-18,23-24,33-34H,19-22H2. The van der Waals surface area contributed by atoms with Crippen molar-refractivity contribution in [1.82, 2.24) is 0 Å². The van der Waals surface area contributed by atoms with E-state index < -0.39 is 0 Å². The molecule has 0 saturated heterocycles. The summed E-state index contributed by atoms with van der Waals surface area (Å²) in [6.07, 6.45) is 3.49. The van der Waals surface area contributed by atoms with E-state index in [1.807, 2.05) is 109 Å². The van der Waals surface area contributed by atoms with Crippen LogP contribution in [-0.4, -0.2) is 38.9 Å². The summed E-state index contributed by atoms with van der Waals surface area (Å²) in [6.45, 7) is 1.74. The Labute approximate surface area is 217 Å². The van der Waals surface area contributed by atoms with Crippen LogP contribution in [0.1, 0.15) is 11.1 Å². The fourth-order valence-corrected chi connectivity index (χ4v) is 3.34. The predicted octanol–water partition coefficient (Wildman–Crippen LogP) is 6.05. The first-order valence-electron chi connectivity index (χ1n) is 12.1. The zero-order valence-corrected chi connectivity index (χ0v) is 20.5. The average molecular weight is 495 g/mol. The van der Waals surface area contributed by atoms with Crippen molar-refractivity contribution in [1.29, 1.82) is 0 Å². The Morgan fingerprint density at radius 1 is 0.486 bits per heavy atom. The fourth-order valence-electron chi connectivity index (χ4n) is 3.34. The first kappa shape index (κ1) is 25.5. The summed E-state index contributed by atoms with van der Waals surface area (Å²) in [5.41, 5.74) is 9.63. The van der Waals surface area contributed by atoms with Gasteiger partial charge in [0.15, 0.2) is 0 Å². The van der Waals surface area contributed by atoms with Crippen molar-refractivity contribution >= 4 is 23.8 Å². The van der Waals surface area contributed by atoms with Crippen LogP contribution in [0.5, 0.6) is 11.5 Å². The number of para-hydroxylation sites is 4. The first-order valence-corrected chi connectivity index (χ1v) is 12.1. The van der Waals surface area contributed by atoms with Gasteiger partial charge < -0.3 is 14.2 Å². The molecule has 0 spiro atoms. The lowest BCUT2D eigenvalue weighted by Crippen LogP contribution is -2.13. The van der Waals surface area contributed by atoms with Gasteiger partial charge in [-0.1, -0.05) is 60.7 Å². The van der Waals surface area contributed by atoms with Gasteiger partial charge >= 0.3 is 0 Å². The molecule has 0 unspecified atom stereocenters. The molecule has 0 aromatic heterocycles. The summed E-state index contributed by atoms with van der Waals surface area (Å²) in [4.78, 5) is 0. The van der Waals surface area contributed by atoms with Crippen LogP contribution in [0.2, 0.25) is 0 Å². The van der Waals surface area contributed by atoms with Crippen LogP contribution in [0, 0.1) is 0 Å². The molecule has 0 fully saturated rings. The summed E-state index contributed by atoms with van der Waals surface area (Å²) in [5.74, 6) is 1.50. The van der Waals surface area contributed by atoms with Gasteiger partial charge in [-0.25, -0.2) is 0 Å². The zero-order valence-electron chi connectivity index (χ0n) is 20.5. The predicted molar refractivity (Wildman–Crippen MR) is 150 cm³/mol. The summed E-state index contributed by atoms with van der Waals surface area (Å²) in [7, 11) is 0. The number of nitrogens with one attached hydrogen (secondary N) is 2. The van der Waals surface area contributed by atoms with E-state index in [0.29, 0.717) is 26.4 Å². The lowest BCUT2D eigenvalue weighted by atomic mass is 10.2. The van der Waals surface area contributed by atoms with Gasteiger partial charge in [0.2, 0.25) is 0 Å². The van der Waals surface area contributed by atoms with Crippen molar-refractivity contribution < 1.29 is 14.2 Å². The summed E-state index contributed by atoms with van der Waals surface area (Å²) < 4.78 is 17.5. The van der Waals surface area contributed by atoms with Crippen molar-refractivity contribution in [3.63, 3.8) is 0 Å². The number of nitrogens with zero attached hydrogens (tertiary/aromatic N) is 2. The van der Waals surface area contributed by atoms with E-state index >= 15 is 0 Å². The molecule has 0 aliphatic carbocycles. The molecule has 0 radical (unpaired) electrons. The van der Waals surface area contributed by atoms with E-state index in [0.717, 1.165) is 34.0 Å². The number of anilines is 2. The first-order chi connectivity index (χ1) is 18.4. The summed E-state index contributed by atoms with van der Waals surface area (Å²) in [5, 5.41) is 8.59. The number of hydrogen-bond acceptors (Lipinski definition) is 7.